The summed E-state index contributed by atoms with van der Waals surface area (Å²) in [7, 11) is 1.52. The predicted octanol–water partition coefficient (Wildman–Crippen LogP) is 4.14. The zero-order chi connectivity index (χ0) is 23.2. The summed E-state index contributed by atoms with van der Waals surface area (Å²) in [5.41, 5.74) is 4.95. The summed E-state index contributed by atoms with van der Waals surface area (Å²) < 4.78 is 0. The van der Waals surface area contributed by atoms with Gasteiger partial charge in [0.05, 0.1) is 5.92 Å². The van der Waals surface area contributed by atoms with Gasteiger partial charge in [-0.1, -0.05) is 28.9 Å². The van der Waals surface area contributed by atoms with E-state index in [-0.39, 0.29) is 13.0 Å². The number of carbonyl (C=O) groups excluding carboxylic acids is 2. The second-order valence-corrected chi connectivity index (χ2v) is 9.59. The van der Waals surface area contributed by atoms with Gasteiger partial charge in [-0.05, 0) is 74.6 Å². The van der Waals surface area contributed by atoms with Crippen molar-refractivity contribution in [2.24, 2.45) is 11.1 Å². The number of rotatable bonds is 7. The Labute approximate surface area is 187 Å². The number of urea groups is 1. The van der Waals surface area contributed by atoms with Crippen LogP contribution in [0, 0.1) is 10.8 Å². The van der Waals surface area contributed by atoms with Crippen molar-refractivity contribution in [1.29, 1.82) is 0 Å². The molecule has 1 fully saturated rings. The molecule has 8 heteroatoms. The predicted molar refractivity (Wildman–Crippen MR) is 119 cm³/mol. The number of hydrogen-bond donors (Lipinski definition) is 1. The van der Waals surface area contributed by atoms with E-state index in [1.165, 1.54) is 47.1 Å². The van der Waals surface area contributed by atoms with Gasteiger partial charge in [-0.3, -0.25) is 14.5 Å². The minimum Gasteiger partial charge on any atom is -0.481 e. The van der Waals surface area contributed by atoms with Crippen molar-refractivity contribution in [2.75, 3.05) is 13.6 Å². The quantitative estimate of drug-likeness (QED) is 0.507. The number of benzene rings is 1. The Bertz CT molecular complexity index is 1030. The van der Waals surface area contributed by atoms with Crippen LogP contribution in [0.25, 0.3) is 5.57 Å². The van der Waals surface area contributed by atoms with Crippen molar-refractivity contribution in [3.8, 4) is 0 Å². The molecule has 4 rings (SSSR count). The van der Waals surface area contributed by atoms with Crippen molar-refractivity contribution in [3.05, 3.63) is 45.4 Å². The molecule has 3 amide bonds. The average molecular weight is 440 g/mol. The van der Waals surface area contributed by atoms with Gasteiger partial charge in [0.2, 0.25) is 0 Å². The highest BCUT2D eigenvalue weighted by Gasteiger charge is 2.50. The minimum atomic E-state index is -1.16. The largest absolute Gasteiger partial charge is 0.481 e. The topological polar surface area (TPSA) is 107 Å². The lowest BCUT2D eigenvalue weighted by atomic mass is 9.90. The van der Waals surface area contributed by atoms with Gasteiger partial charge in [-0.25, -0.2) is 4.79 Å². The number of carboxylic acids is 1. The van der Waals surface area contributed by atoms with E-state index in [2.05, 4.69) is 5.18 Å². The standard InChI is InChI=1S/C24H29N3O5/c1-24(2)22(30)27(23(31)26(24)3)13-17(21(28)29)12-20(25-32)15-8-9-19-16(11-15)10-14-6-4-5-7-18(14)19/h8-9,11,17,20H,4-7,10,12-13H2,1-3H3,(H,28,29). The first-order valence-corrected chi connectivity index (χ1v) is 11.1. The molecule has 1 aromatic carbocycles. The van der Waals surface area contributed by atoms with Crippen LogP contribution in [0.4, 0.5) is 4.79 Å². The number of allylic oxidation sites excluding steroid dienone is 2. The highest BCUT2D eigenvalue weighted by molar-refractivity contribution is 6.06. The van der Waals surface area contributed by atoms with Gasteiger partial charge < -0.3 is 10.0 Å². The van der Waals surface area contributed by atoms with Gasteiger partial charge in [0.1, 0.15) is 11.6 Å². The number of nitrogens with zero attached hydrogens (tertiary/aromatic N) is 3. The summed E-state index contributed by atoms with van der Waals surface area (Å²) in [5, 5.41) is 13.0. The lowest BCUT2D eigenvalue weighted by Gasteiger charge is -2.22. The maximum absolute atomic E-state index is 12.7. The van der Waals surface area contributed by atoms with Crippen LogP contribution in [0.1, 0.15) is 68.7 Å². The zero-order valence-corrected chi connectivity index (χ0v) is 18.8. The van der Waals surface area contributed by atoms with Crippen molar-refractivity contribution in [2.45, 2.75) is 64.0 Å². The number of nitroso groups, excluding NO2 is 1. The molecule has 0 bridgehead atoms. The number of likely N-dealkylation sites (N-methyl/N-ethyl adjacent to an activating group) is 1. The lowest BCUT2D eigenvalue weighted by Crippen LogP contribution is -2.42. The fourth-order valence-electron chi connectivity index (χ4n) is 5.10. The number of amides is 3. The first-order chi connectivity index (χ1) is 15.1. The monoisotopic (exact) mass is 439 g/mol. The van der Waals surface area contributed by atoms with E-state index in [4.69, 9.17) is 0 Å². The molecule has 8 nitrogen and oxygen atoms in total. The second-order valence-electron chi connectivity index (χ2n) is 9.59. The van der Waals surface area contributed by atoms with Crippen LogP contribution in [-0.2, 0) is 16.0 Å². The summed E-state index contributed by atoms with van der Waals surface area (Å²) >= 11 is 0. The molecule has 0 spiro atoms. The number of imide groups is 1. The molecule has 2 atom stereocenters. The molecule has 0 aromatic heterocycles. The molecular weight excluding hydrogens is 410 g/mol. The Morgan fingerprint density at radius 1 is 1.22 bits per heavy atom. The third-order valence-corrected chi connectivity index (χ3v) is 7.34. The van der Waals surface area contributed by atoms with Crippen molar-refractivity contribution < 1.29 is 19.5 Å². The Morgan fingerprint density at radius 3 is 2.56 bits per heavy atom. The molecule has 2 aliphatic carbocycles. The number of fused-ring (bicyclic) bond motifs is 2. The van der Waals surface area contributed by atoms with Crippen molar-refractivity contribution in [3.63, 3.8) is 0 Å². The number of aliphatic carboxylic acids is 1. The molecule has 1 aliphatic heterocycles. The van der Waals surface area contributed by atoms with Crippen molar-refractivity contribution >= 4 is 23.5 Å². The molecule has 2 unspecified atom stereocenters. The normalized spacial score (nSPS) is 21.5. The van der Waals surface area contributed by atoms with Crippen LogP contribution >= 0.6 is 0 Å². The number of carboxylic acid groups (broad SMARTS) is 1. The van der Waals surface area contributed by atoms with E-state index in [0.29, 0.717) is 5.56 Å². The number of carbonyl (C=O) groups is 3. The van der Waals surface area contributed by atoms with E-state index < -0.39 is 35.4 Å². The molecule has 1 N–H and O–H groups in total. The van der Waals surface area contributed by atoms with Gasteiger partial charge >= 0.3 is 12.0 Å². The van der Waals surface area contributed by atoms with Gasteiger partial charge in [-0.2, -0.15) is 4.91 Å². The van der Waals surface area contributed by atoms with E-state index in [1.807, 2.05) is 18.2 Å². The summed E-state index contributed by atoms with van der Waals surface area (Å²) in [4.78, 5) is 51.2. The van der Waals surface area contributed by atoms with Gasteiger partial charge in [0, 0.05) is 13.6 Å². The molecule has 170 valence electrons. The molecule has 1 heterocycles. The first kappa shape index (κ1) is 22.2. The maximum atomic E-state index is 12.7. The minimum absolute atomic E-state index is 0.0774. The van der Waals surface area contributed by atoms with E-state index in [9.17, 15) is 24.4 Å². The van der Waals surface area contributed by atoms with E-state index in [0.717, 1.165) is 24.2 Å². The fourth-order valence-corrected chi connectivity index (χ4v) is 5.10. The Hall–Kier alpha value is -3.03. The average Bonchev–Trinajstić information content (AvgIpc) is 3.21. The fraction of sp³-hybridized carbons (Fsp3) is 0.542. The molecule has 1 aromatic rings. The highest BCUT2D eigenvalue weighted by atomic mass is 16.4. The molecule has 3 aliphatic rings. The molecule has 32 heavy (non-hydrogen) atoms. The van der Waals surface area contributed by atoms with Crippen LogP contribution in [0.2, 0.25) is 0 Å². The number of hydrogen-bond acceptors (Lipinski definition) is 5. The zero-order valence-electron chi connectivity index (χ0n) is 18.8. The maximum Gasteiger partial charge on any atom is 0.327 e. The molecule has 0 radical (unpaired) electrons. The van der Waals surface area contributed by atoms with Crippen molar-refractivity contribution in [1.82, 2.24) is 9.80 Å². The van der Waals surface area contributed by atoms with Gasteiger partial charge in [0.25, 0.3) is 5.91 Å². The van der Waals surface area contributed by atoms with Crippen LogP contribution in [0.15, 0.2) is 28.9 Å². The first-order valence-electron chi connectivity index (χ1n) is 11.1. The SMILES string of the molecule is CN1C(=O)N(CC(CC(N=O)c2ccc3c(c2)CC2=C3CCCC2)C(=O)O)C(=O)C1(C)C. The summed E-state index contributed by atoms with van der Waals surface area (Å²) in [5.74, 6) is -2.70. The van der Waals surface area contributed by atoms with E-state index in [1.54, 1.807) is 13.8 Å². The molecule has 0 saturated carbocycles. The van der Waals surface area contributed by atoms with Crippen LogP contribution < -0.4 is 0 Å². The third kappa shape index (κ3) is 3.61. The van der Waals surface area contributed by atoms with Gasteiger partial charge in [0.15, 0.2) is 0 Å². The Balaban J connectivity index is 1.52. The molecular formula is C24H29N3O5. The second kappa shape index (κ2) is 8.15. The van der Waals surface area contributed by atoms with Crippen LogP contribution in [-0.4, -0.2) is 51.9 Å². The summed E-state index contributed by atoms with van der Waals surface area (Å²) in [6.45, 7) is 2.96. The van der Waals surface area contributed by atoms with E-state index >= 15 is 0 Å². The highest BCUT2D eigenvalue weighted by Crippen LogP contribution is 2.42. The molecule has 1 saturated heterocycles. The Morgan fingerprint density at radius 2 is 1.94 bits per heavy atom. The van der Waals surface area contributed by atoms with Crippen LogP contribution in [0.5, 0.6) is 0 Å². The Kier molecular flexibility index (Phi) is 5.65. The summed E-state index contributed by atoms with van der Waals surface area (Å²) in [6, 6.07) is 4.46. The van der Waals surface area contributed by atoms with Gasteiger partial charge in [-0.15, -0.1) is 0 Å². The lowest BCUT2D eigenvalue weighted by molar-refractivity contribution is -0.143. The third-order valence-electron chi connectivity index (χ3n) is 7.34. The summed E-state index contributed by atoms with van der Waals surface area (Å²) in [6.07, 6.45) is 5.40. The smallest absolute Gasteiger partial charge is 0.327 e. The van der Waals surface area contributed by atoms with Crippen LogP contribution in [0.3, 0.4) is 0 Å².